The molecule has 0 amide bonds. The van der Waals surface area contributed by atoms with E-state index in [0.717, 1.165) is 24.8 Å². The van der Waals surface area contributed by atoms with E-state index >= 15 is 0 Å². The average molecular weight is 216 g/mol. The van der Waals surface area contributed by atoms with Crippen molar-refractivity contribution in [1.82, 2.24) is 0 Å². The number of aliphatic hydroxyl groups is 1. The summed E-state index contributed by atoms with van der Waals surface area (Å²) in [5.74, 6) is 1.06. The van der Waals surface area contributed by atoms with Crippen molar-refractivity contribution in [2.24, 2.45) is 5.92 Å². The van der Waals surface area contributed by atoms with E-state index < -0.39 is 0 Å². The molecule has 1 nitrogen and oxygen atoms in total. The van der Waals surface area contributed by atoms with E-state index in [1.807, 2.05) is 13.0 Å². The highest BCUT2D eigenvalue weighted by molar-refractivity contribution is 5.26. The molecular weight excluding hydrogens is 196 g/mol. The molecule has 86 valence electrons. The van der Waals surface area contributed by atoms with Crippen LogP contribution in [0.2, 0.25) is 0 Å². The first-order valence-electron chi connectivity index (χ1n) is 6.06. The Bertz CT molecular complexity index is 355. The third-order valence-electron chi connectivity index (χ3n) is 3.43. The van der Waals surface area contributed by atoms with Crippen LogP contribution < -0.4 is 0 Å². The lowest BCUT2D eigenvalue weighted by atomic mass is 10.0. The van der Waals surface area contributed by atoms with Crippen LogP contribution in [0.5, 0.6) is 0 Å². The lowest BCUT2D eigenvalue weighted by Gasteiger charge is -2.10. The van der Waals surface area contributed by atoms with Crippen molar-refractivity contribution in [3.8, 4) is 0 Å². The van der Waals surface area contributed by atoms with E-state index in [4.69, 9.17) is 0 Å². The molecule has 2 rings (SSSR count). The maximum Gasteiger partial charge on any atom is 0.0577 e. The summed E-state index contributed by atoms with van der Waals surface area (Å²) < 4.78 is 0. The highest BCUT2D eigenvalue weighted by Crippen LogP contribution is 2.50. The second kappa shape index (κ2) is 4.84. The van der Waals surface area contributed by atoms with E-state index in [1.54, 1.807) is 0 Å². The standard InChI is InChI=1S/C15H20O/c1-11(2)8-9-15(16)14-10-13(14)12-6-4-3-5-7-12/h3-7,13-16H,1,8-10H2,2H3. The summed E-state index contributed by atoms with van der Waals surface area (Å²) in [6, 6.07) is 10.5. The maximum absolute atomic E-state index is 10.0. The molecule has 3 unspecified atom stereocenters. The van der Waals surface area contributed by atoms with Gasteiger partial charge in [-0.05, 0) is 43.6 Å². The van der Waals surface area contributed by atoms with Gasteiger partial charge < -0.3 is 5.11 Å². The lowest BCUT2D eigenvalue weighted by molar-refractivity contribution is 0.139. The molecule has 1 N–H and O–H groups in total. The predicted molar refractivity (Wildman–Crippen MR) is 67.3 cm³/mol. The molecule has 16 heavy (non-hydrogen) atoms. The van der Waals surface area contributed by atoms with Crippen LogP contribution in [0.25, 0.3) is 0 Å². The van der Waals surface area contributed by atoms with Crippen LogP contribution in [0.1, 0.15) is 37.7 Å². The van der Waals surface area contributed by atoms with Crippen molar-refractivity contribution in [1.29, 1.82) is 0 Å². The number of aliphatic hydroxyl groups excluding tert-OH is 1. The van der Waals surface area contributed by atoms with E-state index in [2.05, 4.69) is 30.8 Å². The Morgan fingerprint density at radius 3 is 2.75 bits per heavy atom. The molecule has 1 aliphatic carbocycles. The van der Waals surface area contributed by atoms with Crippen LogP contribution in [0.3, 0.4) is 0 Å². The smallest absolute Gasteiger partial charge is 0.0577 e. The van der Waals surface area contributed by atoms with E-state index in [-0.39, 0.29) is 6.10 Å². The second-order valence-electron chi connectivity index (χ2n) is 4.98. The number of allylic oxidation sites excluding steroid dienone is 1. The molecular formula is C15H20O. The van der Waals surface area contributed by atoms with Gasteiger partial charge in [0.25, 0.3) is 0 Å². The SMILES string of the molecule is C=C(C)CCC(O)C1CC1c1ccccc1. The molecule has 1 aromatic rings. The van der Waals surface area contributed by atoms with Gasteiger partial charge in [0.2, 0.25) is 0 Å². The van der Waals surface area contributed by atoms with E-state index in [9.17, 15) is 5.11 Å². The molecule has 0 radical (unpaired) electrons. The van der Waals surface area contributed by atoms with Crippen molar-refractivity contribution < 1.29 is 5.11 Å². The van der Waals surface area contributed by atoms with Crippen LogP contribution in [-0.4, -0.2) is 11.2 Å². The summed E-state index contributed by atoms with van der Waals surface area (Å²) in [7, 11) is 0. The number of rotatable bonds is 5. The van der Waals surface area contributed by atoms with Gasteiger partial charge in [-0.3, -0.25) is 0 Å². The molecule has 1 saturated carbocycles. The number of benzene rings is 1. The minimum atomic E-state index is -0.151. The van der Waals surface area contributed by atoms with Gasteiger partial charge in [0.05, 0.1) is 6.10 Å². The molecule has 0 heterocycles. The first kappa shape index (κ1) is 11.4. The summed E-state index contributed by atoms with van der Waals surface area (Å²) in [5.41, 5.74) is 2.54. The van der Waals surface area contributed by atoms with Crippen molar-refractivity contribution in [3.05, 3.63) is 48.0 Å². The zero-order valence-corrected chi connectivity index (χ0v) is 9.89. The molecule has 1 fully saturated rings. The minimum absolute atomic E-state index is 0.151. The first-order valence-corrected chi connectivity index (χ1v) is 6.06. The normalized spacial score (nSPS) is 25.1. The van der Waals surface area contributed by atoms with E-state index in [0.29, 0.717) is 11.8 Å². The Hall–Kier alpha value is -1.08. The fourth-order valence-corrected chi connectivity index (χ4v) is 2.33. The van der Waals surface area contributed by atoms with Crippen LogP contribution in [-0.2, 0) is 0 Å². The Morgan fingerprint density at radius 1 is 1.44 bits per heavy atom. The fourth-order valence-electron chi connectivity index (χ4n) is 2.33. The van der Waals surface area contributed by atoms with Crippen molar-refractivity contribution in [2.75, 3.05) is 0 Å². The van der Waals surface area contributed by atoms with Gasteiger partial charge in [-0.1, -0.05) is 35.9 Å². The third-order valence-corrected chi connectivity index (χ3v) is 3.43. The highest BCUT2D eigenvalue weighted by Gasteiger charge is 2.42. The minimum Gasteiger partial charge on any atom is -0.393 e. The molecule has 1 aromatic carbocycles. The Balaban J connectivity index is 1.84. The van der Waals surface area contributed by atoms with Crippen LogP contribution >= 0.6 is 0 Å². The van der Waals surface area contributed by atoms with Crippen molar-refractivity contribution in [3.63, 3.8) is 0 Å². The summed E-state index contributed by atoms with van der Waals surface area (Å²) in [6.45, 7) is 5.90. The Morgan fingerprint density at radius 2 is 2.12 bits per heavy atom. The zero-order valence-electron chi connectivity index (χ0n) is 9.89. The summed E-state index contributed by atoms with van der Waals surface area (Å²) in [6.07, 6.45) is 2.80. The van der Waals surface area contributed by atoms with Crippen molar-refractivity contribution in [2.45, 2.75) is 38.2 Å². The van der Waals surface area contributed by atoms with Gasteiger partial charge in [-0.15, -0.1) is 6.58 Å². The molecule has 0 bridgehead atoms. The summed E-state index contributed by atoms with van der Waals surface area (Å²) in [5, 5.41) is 10.0. The largest absolute Gasteiger partial charge is 0.393 e. The van der Waals surface area contributed by atoms with Crippen LogP contribution in [0.4, 0.5) is 0 Å². The van der Waals surface area contributed by atoms with Gasteiger partial charge in [-0.25, -0.2) is 0 Å². The van der Waals surface area contributed by atoms with Gasteiger partial charge in [0.1, 0.15) is 0 Å². The van der Waals surface area contributed by atoms with Gasteiger partial charge in [0.15, 0.2) is 0 Å². The van der Waals surface area contributed by atoms with Crippen LogP contribution in [0.15, 0.2) is 42.5 Å². The first-order chi connectivity index (χ1) is 7.68. The molecule has 0 aliphatic heterocycles. The molecule has 0 aromatic heterocycles. The topological polar surface area (TPSA) is 20.2 Å². The molecule has 0 spiro atoms. The fraction of sp³-hybridized carbons (Fsp3) is 0.467. The highest BCUT2D eigenvalue weighted by atomic mass is 16.3. The number of hydrogen-bond acceptors (Lipinski definition) is 1. The molecule has 1 aliphatic rings. The van der Waals surface area contributed by atoms with Crippen molar-refractivity contribution >= 4 is 0 Å². The summed E-state index contributed by atoms with van der Waals surface area (Å²) in [4.78, 5) is 0. The van der Waals surface area contributed by atoms with Gasteiger partial charge >= 0.3 is 0 Å². The predicted octanol–water partition coefficient (Wildman–Crippen LogP) is 3.51. The molecule has 0 saturated heterocycles. The quantitative estimate of drug-likeness (QED) is 0.747. The molecule has 1 heteroatoms. The molecule has 3 atom stereocenters. The second-order valence-corrected chi connectivity index (χ2v) is 4.98. The van der Waals surface area contributed by atoms with Gasteiger partial charge in [-0.2, -0.15) is 0 Å². The monoisotopic (exact) mass is 216 g/mol. The van der Waals surface area contributed by atoms with Crippen LogP contribution in [0, 0.1) is 5.92 Å². The van der Waals surface area contributed by atoms with Gasteiger partial charge in [0, 0.05) is 0 Å². The van der Waals surface area contributed by atoms with E-state index in [1.165, 1.54) is 5.56 Å². The summed E-state index contributed by atoms with van der Waals surface area (Å²) >= 11 is 0. The lowest BCUT2D eigenvalue weighted by Crippen LogP contribution is -2.10. The Kier molecular flexibility index (Phi) is 3.45. The maximum atomic E-state index is 10.0. The zero-order chi connectivity index (χ0) is 11.5. The number of hydrogen-bond donors (Lipinski definition) is 1. The third kappa shape index (κ3) is 2.73. The average Bonchev–Trinajstić information content (AvgIpc) is 3.07. The Labute approximate surface area is 97.8 Å².